The largest absolute Gasteiger partial charge is 0.444 e. The molecule has 156 valence electrons. The number of nitrogens with zero attached hydrogens (tertiary/aromatic N) is 2. The van der Waals surface area contributed by atoms with Gasteiger partial charge in [0.25, 0.3) is 11.8 Å². The second-order valence-electron chi connectivity index (χ2n) is 7.25. The van der Waals surface area contributed by atoms with E-state index in [9.17, 15) is 9.59 Å². The standard InChI is InChI=1S/C21H27BrN4O3/c1-25-11-13-26(14-12-25)10-3-2-9-23-20(27)16-5-4-6-17(15-16)24-21(28)18-7-8-19(22)29-18/h4-8,15H,2-3,9-14H2,1H3,(H,23,27)(H,24,28). The predicted octanol–water partition coefficient (Wildman–Crippen LogP) is 3.05. The summed E-state index contributed by atoms with van der Waals surface area (Å²) in [6, 6.07) is 10.1. The van der Waals surface area contributed by atoms with Crippen molar-refractivity contribution in [2.45, 2.75) is 12.8 Å². The van der Waals surface area contributed by atoms with Gasteiger partial charge in [-0.15, -0.1) is 0 Å². The maximum Gasteiger partial charge on any atom is 0.291 e. The Morgan fingerprint density at radius 1 is 1.07 bits per heavy atom. The summed E-state index contributed by atoms with van der Waals surface area (Å²) in [4.78, 5) is 29.4. The maximum atomic E-state index is 12.4. The number of hydrogen-bond acceptors (Lipinski definition) is 5. The van der Waals surface area contributed by atoms with Crippen molar-refractivity contribution < 1.29 is 14.0 Å². The molecule has 8 heteroatoms. The molecule has 2 aromatic rings. The van der Waals surface area contributed by atoms with Crippen molar-refractivity contribution in [1.82, 2.24) is 15.1 Å². The Kier molecular flexibility index (Phi) is 7.85. The van der Waals surface area contributed by atoms with Crippen molar-refractivity contribution in [2.24, 2.45) is 0 Å². The third kappa shape index (κ3) is 6.69. The molecule has 1 saturated heterocycles. The molecule has 29 heavy (non-hydrogen) atoms. The smallest absolute Gasteiger partial charge is 0.291 e. The fourth-order valence-corrected chi connectivity index (χ4v) is 3.51. The average molecular weight is 463 g/mol. The van der Waals surface area contributed by atoms with E-state index in [0.29, 0.717) is 22.5 Å². The maximum absolute atomic E-state index is 12.4. The molecule has 1 aliphatic heterocycles. The lowest BCUT2D eigenvalue weighted by atomic mass is 10.1. The van der Waals surface area contributed by atoms with Gasteiger partial charge >= 0.3 is 0 Å². The third-order valence-electron chi connectivity index (χ3n) is 4.96. The zero-order valence-electron chi connectivity index (χ0n) is 16.6. The lowest BCUT2D eigenvalue weighted by Gasteiger charge is -2.32. The highest BCUT2D eigenvalue weighted by Gasteiger charge is 2.14. The van der Waals surface area contributed by atoms with Gasteiger partial charge in [0.1, 0.15) is 0 Å². The van der Waals surface area contributed by atoms with Gasteiger partial charge in [0.05, 0.1) is 0 Å². The van der Waals surface area contributed by atoms with E-state index in [1.54, 1.807) is 36.4 Å². The molecule has 2 amide bonds. The zero-order valence-corrected chi connectivity index (χ0v) is 18.2. The van der Waals surface area contributed by atoms with Crippen LogP contribution in [-0.2, 0) is 0 Å². The van der Waals surface area contributed by atoms with Gasteiger partial charge in [-0.3, -0.25) is 9.59 Å². The highest BCUT2D eigenvalue weighted by Crippen LogP contribution is 2.17. The molecule has 1 fully saturated rings. The van der Waals surface area contributed by atoms with E-state index in [4.69, 9.17) is 4.42 Å². The molecule has 2 heterocycles. The van der Waals surface area contributed by atoms with Gasteiger partial charge in [-0.1, -0.05) is 6.07 Å². The molecular weight excluding hydrogens is 436 g/mol. The average Bonchev–Trinajstić information content (AvgIpc) is 3.16. The molecule has 3 rings (SSSR count). The number of rotatable bonds is 8. The van der Waals surface area contributed by atoms with Crippen LogP contribution in [0.3, 0.4) is 0 Å². The van der Waals surface area contributed by atoms with E-state index in [2.05, 4.69) is 43.4 Å². The van der Waals surface area contributed by atoms with Crippen LogP contribution in [0, 0.1) is 0 Å². The minimum Gasteiger partial charge on any atom is -0.444 e. The summed E-state index contributed by atoms with van der Waals surface area (Å²) in [5.41, 5.74) is 1.06. The van der Waals surface area contributed by atoms with Crippen LogP contribution in [-0.4, -0.2) is 67.9 Å². The first-order valence-electron chi connectivity index (χ1n) is 9.87. The van der Waals surface area contributed by atoms with Crippen LogP contribution in [0.4, 0.5) is 5.69 Å². The van der Waals surface area contributed by atoms with E-state index in [0.717, 1.165) is 45.6 Å². The number of nitrogens with one attached hydrogen (secondary N) is 2. The molecule has 0 bridgehead atoms. The Morgan fingerprint density at radius 3 is 2.59 bits per heavy atom. The monoisotopic (exact) mass is 462 g/mol. The van der Waals surface area contributed by atoms with Crippen LogP contribution in [0.5, 0.6) is 0 Å². The van der Waals surface area contributed by atoms with Crippen molar-refractivity contribution in [3.05, 3.63) is 52.4 Å². The number of amides is 2. The summed E-state index contributed by atoms with van der Waals surface area (Å²) >= 11 is 3.17. The lowest BCUT2D eigenvalue weighted by Crippen LogP contribution is -2.44. The second-order valence-corrected chi connectivity index (χ2v) is 8.03. The summed E-state index contributed by atoms with van der Waals surface area (Å²) in [5, 5.41) is 5.70. The van der Waals surface area contributed by atoms with E-state index < -0.39 is 0 Å². The predicted molar refractivity (Wildman–Crippen MR) is 116 cm³/mol. The molecule has 1 aromatic carbocycles. The molecule has 2 N–H and O–H groups in total. The number of anilines is 1. The van der Waals surface area contributed by atoms with E-state index in [1.165, 1.54) is 0 Å². The third-order valence-corrected chi connectivity index (χ3v) is 5.39. The van der Waals surface area contributed by atoms with E-state index >= 15 is 0 Å². The summed E-state index contributed by atoms with van der Waals surface area (Å²) in [6.07, 6.45) is 2.01. The summed E-state index contributed by atoms with van der Waals surface area (Å²) in [6.45, 7) is 6.21. The molecular formula is C21H27BrN4O3. The summed E-state index contributed by atoms with van der Waals surface area (Å²) in [5.74, 6) is -0.300. The number of carbonyl (C=O) groups excluding carboxylic acids is 2. The quantitative estimate of drug-likeness (QED) is 0.589. The first kappa shape index (κ1) is 21.5. The number of piperazine rings is 1. The van der Waals surface area contributed by atoms with E-state index in [-0.39, 0.29) is 17.6 Å². The Bertz CT molecular complexity index is 831. The lowest BCUT2D eigenvalue weighted by molar-refractivity contribution is 0.0949. The molecule has 0 saturated carbocycles. The highest BCUT2D eigenvalue weighted by atomic mass is 79.9. The topological polar surface area (TPSA) is 77.8 Å². The highest BCUT2D eigenvalue weighted by molar-refractivity contribution is 9.10. The Hall–Kier alpha value is -2.16. The van der Waals surface area contributed by atoms with Crippen molar-refractivity contribution in [2.75, 3.05) is 51.6 Å². The number of furan rings is 1. The van der Waals surface area contributed by atoms with Gasteiger partial charge in [0.2, 0.25) is 0 Å². The zero-order chi connectivity index (χ0) is 20.6. The first-order chi connectivity index (χ1) is 14.0. The number of benzene rings is 1. The fourth-order valence-electron chi connectivity index (χ4n) is 3.20. The van der Waals surface area contributed by atoms with Crippen LogP contribution in [0.25, 0.3) is 0 Å². The fraction of sp³-hybridized carbons (Fsp3) is 0.429. The van der Waals surface area contributed by atoms with Gasteiger partial charge in [0.15, 0.2) is 10.4 Å². The number of halogens is 1. The molecule has 0 aliphatic carbocycles. The van der Waals surface area contributed by atoms with Crippen molar-refractivity contribution in [3.63, 3.8) is 0 Å². The van der Waals surface area contributed by atoms with Crippen molar-refractivity contribution in [1.29, 1.82) is 0 Å². The Balaban J connectivity index is 1.40. The normalized spacial score (nSPS) is 15.2. The molecule has 7 nitrogen and oxygen atoms in total. The van der Waals surface area contributed by atoms with Crippen LogP contribution >= 0.6 is 15.9 Å². The number of likely N-dealkylation sites (N-methyl/N-ethyl adjacent to an activating group) is 1. The molecule has 1 aliphatic rings. The van der Waals surface area contributed by atoms with Crippen LogP contribution < -0.4 is 10.6 Å². The van der Waals surface area contributed by atoms with Gasteiger partial charge in [-0.05, 0) is 72.7 Å². The molecule has 0 radical (unpaired) electrons. The number of carbonyl (C=O) groups is 2. The number of unbranched alkanes of at least 4 members (excludes halogenated alkanes) is 1. The summed E-state index contributed by atoms with van der Waals surface area (Å²) < 4.78 is 5.73. The van der Waals surface area contributed by atoms with Crippen molar-refractivity contribution in [3.8, 4) is 0 Å². The number of hydrogen-bond donors (Lipinski definition) is 2. The summed E-state index contributed by atoms with van der Waals surface area (Å²) in [7, 11) is 2.16. The molecule has 0 atom stereocenters. The molecule has 0 spiro atoms. The Morgan fingerprint density at radius 2 is 1.86 bits per heavy atom. The van der Waals surface area contributed by atoms with Crippen LogP contribution in [0.2, 0.25) is 0 Å². The van der Waals surface area contributed by atoms with Gasteiger partial charge in [-0.25, -0.2) is 0 Å². The molecule has 1 aromatic heterocycles. The minimum absolute atomic E-state index is 0.138. The van der Waals surface area contributed by atoms with Crippen molar-refractivity contribution >= 4 is 33.4 Å². The van der Waals surface area contributed by atoms with Gasteiger partial charge in [0, 0.05) is 44.0 Å². The van der Waals surface area contributed by atoms with Gasteiger partial charge < -0.3 is 24.9 Å². The van der Waals surface area contributed by atoms with Gasteiger partial charge in [-0.2, -0.15) is 0 Å². The SMILES string of the molecule is CN1CCN(CCCCNC(=O)c2cccc(NC(=O)c3ccc(Br)o3)c2)CC1. The second kappa shape index (κ2) is 10.6. The molecule has 0 unspecified atom stereocenters. The van der Waals surface area contributed by atoms with Crippen LogP contribution in [0.15, 0.2) is 45.5 Å². The van der Waals surface area contributed by atoms with E-state index in [1.807, 2.05) is 0 Å². The minimum atomic E-state index is -0.364. The van der Waals surface area contributed by atoms with Crippen LogP contribution in [0.1, 0.15) is 33.8 Å². The first-order valence-corrected chi connectivity index (χ1v) is 10.7. The Labute approximate surface area is 179 Å².